The maximum atomic E-state index is 12.1. The van der Waals surface area contributed by atoms with Crippen LogP contribution in [0.4, 0.5) is 14.4 Å². The number of carbonyl (C=O) groups excluding carboxylic acids is 3. The van der Waals surface area contributed by atoms with Crippen LogP contribution in [-0.2, 0) is 30.2 Å². The summed E-state index contributed by atoms with van der Waals surface area (Å²) in [7, 11) is 0. The summed E-state index contributed by atoms with van der Waals surface area (Å²) in [4.78, 5) is 48.0. The van der Waals surface area contributed by atoms with Crippen molar-refractivity contribution in [3.8, 4) is 11.5 Å². The molecule has 0 aliphatic rings. The van der Waals surface area contributed by atoms with Crippen molar-refractivity contribution in [3.63, 3.8) is 0 Å². The minimum absolute atomic E-state index is 0.105. The molecule has 0 heterocycles. The van der Waals surface area contributed by atoms with E-state index in [2.05, 4.69) is 0 Å². The van der Waals surface area contributed by atoms with Crippen molar-refractivity contribution in [1.82, 2.24) is 0 Å². The first-order valence-electron chi connectivity index (χ1n) is 11.9. The summed E-state index contributed by atoms with van der Waals surface area (Å²) in [5, 5.41) is 9.84. The molecule has 12 nitrogen and oxygen atoms in total. The molecule has 1 rings (SSSR count). The average Bonchev–Trinajstić information content (AvgIpc) is 2.76. The molecule has 3 N–H and O–H groups in total. The van der Waals surface area contributed by atoms with Crippen LogP contribution >= 0.6 is 0 Å². The second kappa shape index (κ2) is 14.3. The summed E-state index contributed by atoms with van der Waals surface area (Å²) in [5.41, 5.74) is 3.88. The zero-order valence-electron chi connectivity index (χ0n) is 22.2. The van der Waals surface area contributed by atoms with Gasteiger partial charge in [0.05, 0.1) is 13.2 Å². The first-order chi connectivity index (χ1) is 17.2. The summed E-state index contributed by atoms with van der Waals surface area (Å²) in [5.74, 6) is -1.68. The molecule has 0 aliphatic heterocycles. The Morgan fingerprint density at radius 1 is 0.919 bits per heavy atom. The summed E-state index contributed by atoms with van der Waals surface area (Å²) in [6.45, 7) is 10.3. The van der Waals surface area contributed by atoms with Gasteiger partial charge in [0.2, 0.25) is 0 Å². The van der Waals surface area contributed by atoms with Crippen LogP contribution in [0.1, 0.15) is 66.4 Å². The number of nitrogens with two attached hydrogens (primary N) is 1. The lowest BCUT2D eigenvalue weighted by Crippen LogP contribution is -2.52. The highest BCUT2D eigenvalue weighted by Gasteiger charge is 2.37. The zero-order valence-corrected chi connectivity index (χ0v) is 22.2. The van der Waals surface area contributed by atoms with Gasteiger partial charge in [0.1, 0.15) is 17.2 Å². The minimum Gasteiger partial charge on any atom is -0.480 e. The lowest BCUT2D eigenvalue weighted by atomic mass is 9.86. The van der Waals surface area contributed by atoms with E-state index in [1.165, 1.54) is 25.1 Å². The van der Waals surface area contributed by atoms with E-state index in [1.807, 2.05) is 0 Å². The number of carboxylic acids is 1. The Morgan fingerprint density at radius 3 is 1.95 bits per heavy atom. The Kier molecular flexibility index (Phi) is 12.1. The van der Waals surface area contributed by atoms with E-state index < -0.39 is 41.7 Å². The molecule has 1 aromatic rings. The van der Waals surface area contributed by atoms with Crippen LogP contribution < -0.4 is 15.2 Å². The maximum Gasteiger partial charge on any atom is 0.513 e. The quantitative estimate of drug-likeness (QED) is 0.220. The van der Waals surface area contributed by atoms with Gasteiger partial charge < -0.3 is 39.3 Å². The molecule has 208 valence electrons. The van der Waals surface area contributed by atoms with E-state index >= 15 is 0 Å². The summed E-state index contributed by atoms with van der Waals surface area (Å²) < 4.78 is 30.3. The van der Waals surface area contributed by atoms with E-state index in [9.17, 15) is 24.3 Å². The van der Waals surface area contributed by atoms with Gasteiger partial charge in [0.15, 0.2) is 11.5 Å². The predicted octanol–water partition coefficient (Wildman–Crippen LogP) is 4.59. The third kappa shape index (κ3) is 11.8. The topological polar surface area (TPSA) is 170 Å². The summed E-state index contributed by atoms with van der Waals surface area (Å²) in [6.07, 6.45) is -3.26. The molecule has 0 saturated carbocycles. The highest BCUT2D eigenvalue weighted by Crippen LogP contribution is 2.31. The van der Waals surface area contributed by atoms with E-state index in [0.717, 1.165) is 0 Å². The molecule has 0 bridgehead atoms. The number of benzene rings is 1. The molecule has 1 unspecified atom stereocenters. The molecule has 0 aromatic heterocycles. The first kappa shape index (κ1) is 31.5. The molecule has 0 saturated heterocycles. The number of hydrogen-bond acceptors (Lipinski definition) is 11. The number of carbonyl (C=O) groups is 4. The zero-order chi connectivity index (χ0) is 28.2. The van der Waals surface area contributed by atoms with Crippen molar-refractivity contribution < 1.29 is 52.7 Å². The monoisotopic (exact) mass is 527 g/mol. The SMILES string of the molecule is CCCOC(=O)Oc1ccc(CC(N)(C[C@H](C)OC(=O)OC(C)(C)C)C(=O)O)cc1OC(=O)OCCC. The lowest BCUT2D eigenvalue weighted by molar-refractivity contribution is -0.145. The Labute approximate surface area is 216 Å². The molecule has 12 heteroatoms. The number of rotatable bonds is 12. The third-order valence-corrected chi connectivity index (χ3v) is 4.53. The third-order valence-electron chi connectivity index (χ3n) is 4.53. The normalized spacial score (nSPS) is 13.5. The summed E-state index contributed by atoms with van der Waals surface area (Å²) >= 11 is 0. The molecule has 37 heavy (non-hydrogen) atoms. The van der Waals surface area contributed by atoms with E-state index in [4.69, 9.17) is 34.2 Å². The number of hydrogen-bond donors (Lipinski definition) is 2. The predicted molar refractivity (Wildman–Crippen MR) is 131 cm³/mol. The first-order valence-corrected chi connectivity index (χ1v) is 11.9. The van der Waals surface area contributed by atoms with Gasteiger partial charge >= 0.3 is 24.4 Å². The van der Waals surface area contributed by atoms with Crippen molar-refractivity contribution in [2.75, 3.05) is 13.2 Å². The van der Waals surface area contributed by atoms with Gasteiger partial charge in [-0.2, -0.15) is 0 Å². The van der Waals surface area contributed by atoms with Gasteiger partial charge in [-0.3, -0.25) is 4.79 Å². The number of ether oxygens (including phenoxy) is 6. The van der Waals surface area contributed by atoms with E-state index in [-0.39, 0.29) is 37.6 Å². The van der Waals surface area contributed by atoms with Crippen molar-refractivity contribution in [2.24, 2.45) is 5.73 Å². The Bertz CT molecular complexity index is 941. The molecule has 0 aliphatic carbocycles. The van der Waals surface area contributed by atoms with Crippen LogP contribution in [0.25, 0.3) is 0 Å². The van der Waals surface area contributed by atoms with Crippen LogP contribution in [0.5, 0.6) is 11.5 Å². The van der Waals surface area contributed by atoms with Crippen LogP contribution in [0.2, 0.25) is 0 Å². The molecular formula is C25H37NO11. The van der Waals surface area contributed by atoms with E-state index in [0.29, 0.717) is 18.4 Å². The van der Waals surface area contributed by atoms with Gasteiger partial charge in [-0.25, -0.2) is 14.4 Å². The van der Waals surface area contributed by atoms with Crippen LogP contribution in [0.15, 0.2) is 18.2 Å². The standard InChI is InChI=1S/C25H37NO11/c1-7-11-32-21(29)35-18-10-9-17(13-19(18)36-22(30)33-12-8-2)15-25(26,20(27)28)14-16(3)34-23(31)37-24(4,5)6/h9-10,13,16H,7-8,11-12,14-15,26H2,1-6H3,(H,27,28)/t16-,25?/m0/s1. The second-order valence-corrected chi connectivity index (χ2v) is 9.42. The molecule has 2 atom stereocenters. The van der Waals surface area contributed by atoms with Crippen molar-refractivity contribution in [3.05, 3.63) is 23.8 Å². The maximum absolute atomic E-state index is 12.1. The van der Waals surface area contributed by atoms with Gasteiger partial charge in [-0.15, -0.1) is 0 Å². The van der Waals surface area contributed by atoms with Crippen LogP contribution in [0.3, 0.4) is 0 Å². The fourth-order valence-corrected chi connectivity index (χ4v) is 3.03. The van der Waals surface area contributed by atoms with E-state index in [1.54, 1.807) is 34.6 Å². The highest BCUT2D eigenvalue weighted by atomic mass is 16.7. The van der Waals surface area contributed by atoms with Gasteiger partial charge in [0.25, 0.3) is 0 Å². The summed E-state index contributed by atoms with van der Waals surface area (Å²) in [6, 6.07) is 4.07. The van der Waals surface area contributed by atoms with Gasteiger partial charge in [-0.1, -0.05) is 19.9 Å². The average molecular weight is 528 g/mol. The Hall–Kier alpha value is -3.54. The van der Waals surface area contributed by atoms with Gasteiger partial charge in [-0.05, 0) is 58.2 Å². The number of aliphatic carboxylic acids is 1. The van der Waals surface area contributed by atoms with Crippen molar-refractivity contribution in [2.45, 2.75) is 84.5 Å². The van der Waals surface area contributed by atoms with Crippen LogP contribution in [-0.4, -0.2) is 60.0 Å². The lowest BCUT2D eigenvalue weighted by Gasteiger charge is -2.28. The Morgan fingerprint density at radius 2 is 1.46 bits per heavy atom. The largest absolute Gasteiger partial charge is 0.513 e. The minimum atomic E-state index is -1.87. The molecule has 0 radical (unpaired) electrons. The number of carboxylic acid groups (broad SMARTS) is 1. The van der Waals surface area contributed by atoms with Crippen LogP contribution in [0, 0.1) is 0 Å². The van der Waals surface area contributed by atoms with Crippen molar-refractivity contribution in [1.29, 1.82) is 0 Å². The highest BCUT2D eigenvalue weighted by molar-refractivity contribution is 5.79. The molecule has 0 spiro atoms. The van der Waals surface area contributed by atoms with Crippen molar-refractivity contribution >= 4 is 24.4 Å². The fourth-order valence-electron chi connectivity index (χ4n) is 3.03. The Balaban J connectivity index is 3.13. The van der Waals surface area contributed by atoms with Gasteiger partial charge in [0, 0.05) is 12.8 Å². The molecule has 1 aromatic carbocycles. The molecule has 0 fully saturated rings. The fraction of sp³-hybridized carbons (Fsp3) is 0.600. The smallest absolute Gasteiger partial charge is 0.480 e. The second-order valence-electron chi connectivity index (χ2n) is 9.42. The molecule has 0 amide bonds. The molecular weight excluding hydrogens is 490 g/mol.